The predicted octanol–water partition coefficient (Wildman–Crippen LogP) is 6.77. The molecule has 0 aliphatic rings. The third-order valence-corrected chi connectivity index (χ3v) is 7.17. The maximum Gasteiger partial charge on any atom is 0.150 e. The van der Waals surface area contributed by atoms with E-state index < -0.39 is 9.84 Å². The lowest BCUT2D eigenvalue weighted by Gasteiger charge is -2.16. The molecular formula is C28H29ClO4S. The van der Waals surface area contributed by atoms with Crippen molar-refractivity contribution < 1.29 is 17.9 Å². The monoisotopic (exact) mass is 496 g/mol. The third-order valence-electron chi connectivity index (χ3n) is 5.90. The first-order valence-corrected chi connectivity index (χ1v) is 13.5. The SMILES string of the molecule is Cc1cc(OCc2cccc(-c3cccc(/C=C/CCS(C)(=O)=O)c3C)c2C)c(Cl)cc1C=O. The van der Waals surface area contributed by atoms with Gasteiger partial charge in [-0.25, -0.2) is 8.42 Å². The van der Waals surface area contributed by atoms with Gasteiger partial charge in [0.15, 0.2) is 0 Å². The molecule has 0 N–H and O–H groups in total. The molecule has 0 heterocycles. The van der Waals surface area contributed by atoms with Crippen LogP contribution in [-0.4, -0.2) is 26.7 Å². The molecule has 3 aromatic carbocycles. The van der Waals surface area contributed by atoms with Crippen LogP contribution >= 0.6 is 11.6 Å². The highest BCUT2D eigenvalue weighted by Gasteiger charge is 2.12. The zero-order valence-electron chi connectivity index (χ0n) is 19.9. The Bertz CT molecular complexity index is 1340. The molecule has 0 aromatic heterocycles. The summed E-state index contributed by atoms with van der Waals surface area (Å²) in [5.74, 6) is 0.692. The van der Waals surface area contributed by atoms with Gasteiger partial charge in [0.05, 0.1) is 10.8 Å². The van der Waals surface area contributed by atoms with Crippen molar-refractivity contribution in [3.8, 4) is 16.9 Å². The van der Waals surface area contributed by atoms with Crippen LogP contribution in [0.25, 0.3) is 17.2 Å². The number of hydrogen-bond donors (Lipinski definition) is 0. The fourth-order valence-electron chi connectivity index (χ4n) is 3.81. The first kappa shape index (κ1) is 25.7. The quantitative estimate of drug-likeness (QED) is 0.306. The molecule has 3 aromatic rings. The Labute approximate surface area is 207 Å². The molecule has 6 heteroatoms. The second kappa shape index (κ2) is 11.0. The van der Waals surface area contributed by atoms with Crippen LogP contribution in [0.2, 0.25) is 5.02 Å². The van der Waals surface area contributed by atoms with Gasteiger partial charge in [0.25, 0.3) is 0 Å². The number of halogens is 1. The average molecular weight is 497 g/mol. The summed E-state index contributed by atoms with van der Waals surface area (Å²) in [7, 11) is -2.97. The van der Waals surface area contributed by atoms with Crippen LogP contribution in [0.5, 0.6) is 5.75 Å². The molecule has 3 rings (SSSR count). The molecule has 0 atom stereocenters. The van der Waals surface area contributed by atoms with Crippen LogP contribution in [-0.2, 0) is 16.4 Å². The van der Waals surface area contributed by atoms with Gasteiger partial charge in [-0.1, -0.05) is 60.2 Å². The number of allylic oxidation sites excluding steroid dienone is 1. The van der Waals surface area contributed by atoms with E-state index in [1.165, 1.54) is 6.26 Å². The summed E-state index contributed by atoms with van der Waals surface area (Å²) < 4.78 is 28.7. The van der Waals surface area contributed by atoms with E-state index in [1.54, 1.807) is 12.1 Å². The zero-order chi connectivity index (χ0) is 24.9. The molecule has 0 amide bonds. The molecule has 0 radical (unpaired) electrons. The molecule has 4 nitrogen and oxygen atoms in total. The Hall–Kier alpha value is -2.89. The molecule has 0 fully saturated rings. The first-order chi connectivity index (χ1) is 16.1. The van der Waals surface area contributed by atoms with Crippen LogP contribution in [0, 0.1) is 20.8 Å². The molecule has 0 saturated carbocycles. The smallest absolute Gasteiger partial charge is 0.150 e. The molecule has 0 saturated heterocycles. The van der Waals surface area contributed by atoms with E-state index in [1.807, 2.05) is 43.3 Å². The second-order valence-electron chi connectivity index (χ2n) is 8.48. The van der Waals surface area contributed by atoms with E-state index in [9.17, 15) is 13.2 Å². The van der Waals surface area contributed by atoms with Crippen molar-refractivity contribution in [2.45, 2.75) is 33.8 Å². The van der Waals surface area contributed by atoms with Gasteiger partial charge in [0.2, 0.25) is 0 Å². The maximum atomic E-state index is 11.4. The molecule has 0 bridgehead atoms. The molecule has 178 valence electrons. The minimum Gasteiger partial charge on any atom is -0.487 e. The van der Waals surface area contributed by atoms with E-state index >= 15 is 0 Å². The minimum absolute atomic E-state index is 0.144. The van der Waals surface area contributed by atoms with Gasteiger partial charge in [0, 0.05) is 11.8 Å². The Morgan fingerprint density at radius 1 is 0.941 bits per heavy atom. The van der Waals surface area contributed by atoms with Gasteiger partial charge in [-0.2, -0.15) is 0 Å². The van der Waals surface area contributed by atoms with E-state index in [2.05, 4.69) is 26.0 Å². The maximum absolute atomic E-state index is 11.4. The number of aryl methyl sites for hydroxylation is 1. The molecular weight excluding hydrogens is 468 g/mol. The lowest BCUT2D eigenvalue weighted by Crippen LogP contribution is -2.01. The van der Waals surface area contributed by atoms with Crippen molar-refractivity contribution in [3.63, 3.8) is 0 Å². The summed E-state index contributed by atoms with van der Waals surface area (Å²) >= 11 is 6.30. The Kier molecular flexibility index (Phi) is 8.34. The number of carbonyl (C=O) groups is 1. The third kappa shape index (κ3) is 6.37. The number of ether oxygens (including phenoxy) is 1. The molecule has 0 aliphatic heterocycles. The van der Waals surface area contributed by atoms with Crippen LogP contribution in [0.1, 0.15) is 44.6 Å². The lowest BCUT2D eigenvalue weighted by atomic mass is 9.91. The number of rotatable bonds is 9. The van der Waals surface area contributed by atoms with Crippen molar-refractivity contribution in [2.24, 2.45) is 0 Å². The number of benzene rings is 3. The summed E-state index contributed by atoms with van der Waals surface area (Å²) in [6, 6.07) is 15.7. The van der Waals surface area contributed by atoms with Crippen molar-refractivity contribution in [2.75, 3.05) is 12.0 Å². The molecule has 0 aliphatic carbocycles. The van der Waals surface area contributed by atoms with E-state index in [0.717, 1.165) is 45.2 Å². The Morgan fingerprint density at radius 3 is 2.29 bits per heavy atom. The topological polar surface area (TPSA) is 60.4 Å². The highest BCUT2D eigenvalue weighted by molar-refractivity contribution is 7.90. The van der Waals surface area contributed by atoms with Crippen molar-refractivity contribution in [1.82, 2.24) is 0 Å². The van der Waals surface area contributed by atoms with Gasteiger partial charge in [-0.3, -0.25) is 4.79 Å². The summed E-state index contributed by atoms with van der Waals surface area (Å²) in [5, 5.41) is 0.410. The standard InChI is InChI=1S/C28H29ClO4S/c1-19-15-28(27(29)16-24(19)17-30)33-18-23-11-8-13-26(21(23)3)25-12-7-10-22(20(25)2)9-5-6-14-34(4,31)32/h5,7-13,15-17H,6,14,18H2,1-4H3/b9-5+. The van der Waals surface area contributed by atoms with E-state index in [4.69, 9.17) is 16.3 Å². The van der Waals surface area contributed by atoms with Gasteiger partial charge >= 0.3 is 0 Å². The highest BCUT2D eigenvalue weighted by Crippen LogP contribution is 2.32. The molecule has 0 unspecified atom stereocenters. The van der Waals surface area contributed by atoms with Gasteiger partial charge < -0.3 is 4.74 Å². The van der Waals surface area contributed by atoms with Crippen LogP contribution < -0.4 is 4.74 Å². The fourth-order valence-corrected chi connectivity index (χ4v) is 4.60. The minimum atomic E-state index is -2.97. The van der Waals surface area contributed by atoms with E-state index in [0.29, 0.717) is 29.4 Å². The van der Waals surface area contributed by atoms with Gasteiger partial charge in [-0.15, -0.1) is 0 Å². The zero-order valence-corrected chi connectivity index (χ0v) is 21.5. The highest BCUT2D eigenvalue weighted by atomic mass is 35.5. The van der Waals surface area contributed by atoms with Crippen LogP contribution in [0.3, 0.4) is 0 Å². The molecule has 0 spiro atoms. The number of aldehydes is 1. The fraction of sp³-hybridized carbons (Fsp3) is 0.250. The first-order valence-electron chi connectivity index (χ1n) is 11.0. The largest absolute Gasteiger partial charge is 0.487 e. The lowest BCUT2D eigenvalue weighted by molar-refractivity contribution is 0.112. The van der Waals surface area contributed by atoms with Gasteiger partial charge in [0.1, 0.15) is 28.5 Å². The van der Waals surface area contributed by atoms with Gasteiger partial charge in [-0.05, 0) is 78.3 Å². The van der Waals surface area contributed by atoms with Crippen molar-refractivity contribution in [3.05, 3.63) is 93.0 Å². The summed E-state index contributed by atoms with van der Waals surface area (Å²) in [6.45, 7) is 6.35. The predicted molar refractivity (Wildman–Crippen MR) is 141 cm³/mol. The number of sulfone groups is 1. The van der Waals surface area contributed by atoms with Crippen molar-refractivity contribution in [1.29, 1.82) is 0 Å². The summed E-state index contributed by atoms with van der Waals surface area (Å²) in [4.78, 5) is 11.1. The van der Waals surface area contributed by atoms with E-state index in [-0.39, 0.29) is 5.75 Å². The Morgan fingerprint density at radius 2 is 1.62 bits per heavy atom. The number of hydrogen-bond acceptors (Lipinski definition) is 4. The Balaban J connectivity index is 1.84. The molecule has 34 heavy (non-hydrogen) atoms. The van der Waals surface area contributed by atoms with Crippen molar-refractivity contribution >= 4 is 33.8 Å². The van der Waals surface area contributed by atoms with Crippen LogP contribution in [0.4, 0.5) is 0 Å². The normalized spacial score (nSPS) is 11.7. The average Bonchev–Trinajstić information content (AvgIpc) is 2.78. The summed E-state index contributed by atoms with van der Waals surface area (Å²) in [5.41, 5.74) is 7.94. The van der Waals surface area contributed by atoms with Crippen LogP contribution in [0.15, 0.2) is 54.6 Å². The number of carbonyl (C=O) groups excluding carboxylic acids is 1. The second-order valence-corrected chi connectivity index (χ2v) is 11.1. The summed E-state index contributed by atoms with van der Waals surface area (Å²) in [6.07, 6.45) is 6.42.